The van der Waals surface area contributed by atoms with Gasteiger partial charge in [0.1, 0.15) is 5.82 Å². The maximum atomic E-state index is 4.64. The van der Waals surface area contributed by atoms with Gasteiger partial charge in [-0.2, -0.15) is 0 Å². The van der Waals surface area contributed by atoms with Gasteiger partial charge in [-0.3, -0.25) is 0 Å². The van der Waals surface area contributed by atoms with Gasteiger partial charge in [0.25, 0.3) is 0 Å². The number of rotatable bonds is 0. The molecule has 0 unspecified atom stereocenters. The van der Waals surface area contributed by atoms with Crippen LogP contribution in [-0.2, 0) is 11.0 Å². The van der Waals surface area contributed by atoms with E-state index in [4.69, 9.17) is 0 Å². The van der Waals surface area contributed by atoms with E-state index < -0.39 is 0 Å². The Bertz CT molecular complexity index is 541. The Kier molecular flexibility index (Phi) is 2.49. The van der Waals surface area contributed by atoms with Gasteiger partial charge in [0.2, 0.25) is 0 Å². The Balaban J connectivity index is 2.84. The van der Waals surface area contributed by atoms with Crippen LogP contribution in [0.2, 0.25) is 0 Å². The molecule has 0 fully saturated rings. The average Bonchev–Trinajstić information content (AvgIpc) is 2.54. The maximum absolute atomic E-state index is 4.64. The summed E-state index contributed by atoms with van der Waals surface area (Å²) >= 11 is 0. The lowest BCUT2D eigenvalue weighted by atomic mass is 9.94. The second-order valence-electron chi connectivity index (χ2n) is 6.40. The average molecular weight is 232 g/mol. The van der Waals surface area contributed by atoms with E-state index in [1.807, 2.05) is 0 Å². The van der Waals surface area contributed by atoms with Crippen molar-refractivity contribution in [1.29, 1.82) is 0 Å². The predicted molar refractivity (Wildman–Crippen MR) is 69.0 cm³/mol. The molecule has 0 aromatic carbocycles. The molecule has 2 aromatic heterocycles. The van der Waals surface area contributed by atoms with E-state index in [1.54, 1.807) is 12.4 Å². The molecule has 0 atom stereocenters. The molecule has 0 radical (unpaired) electrons. The highest BCUT2D eigenvalue weighted by molar-refractivity contribution is 5.66. The lowest BCUT2D eigenvalue weighted by Crippen LogP contribution is -2.29. The fraction of sp³-hybridized carbons (Fsp3) is 0.615. The molecule has 0 N–H and O–H groups in total. The van der Waals surface area contributed by atoms with Crippen LogP contribution in [0.5, 0.6) is 0 Å². The van der Waals surface area contributed by atoms with Crippen LogP contribution in [0.15, 0.2) is 12.4 Å². The molecular formula is C13H20N4. The Labute approximate surface area is 102 Å². The topological polar surface area (TPSA) is 43.6 Å². The fourth-order valence-corrected chi connectivity index (χ4v) is 1.95. The van der Waals surface area contributed by atoms with Crippen LogP contribution in [0.4, 0.5) is 0 Å². The van der Waals surface area contributed by atoms with E-state index >= 15 is 0 Å². The standard InChI is InChI=1S/C13H20N4/c1-12(2,3)11-16-9-10(15-8-7-14-9)17(11)13(4,5)6/h7-8H,1-6H3. The van der Waals surface area contributed by atoms with Crippen molar-refractivity contribution < 1.29 is 0 Å². The number of nitrogens with zero attached hydrogens (tertiary/aromatic N) is 4. The Morgan fingerprint density at radius 1 is 0.941 bits per heavy atom. The van der Waals surface area contributed by atoms with Crippen molar-refractivity contribution >= 4 is 11.3 Å². The summed E-state index contributed by atoms with van der Waals surface area (Å²) in [6, 6.07) is 0. The lowest BCUT2D eigenvalue weighted by Gasteiger charge is -2.28. The lowest BCUT2D eigenvalue weighted by molar-refractivity contribution is 0.362. The van der Waals surface area contributed by atoms with Crippen LogP contribution < -0.4 is 0 Å². The minimum absolute atomic E-state index is 0.0182. The van der Waals surface area contributed by atoms with E-state index in [0.717, 1.165) is 17.1 Å². The zero-order chi connectivity index (χ0) is 12.8. The maximum Gasteiger partial charge on any atom is 0.197 e. The summed E-state index contributed by atoms with van der Waals surface area (Å²) < 4.78 is 2.19. The van der Waals surface area contributed by atoms with Crippen LogP contribution in [0, 0.1) is 0 Å². The molecule has 0 bridgehead atoms. The van der Waals surface area contributed by atoms with Crippen LogP contribution in [0.25, 0.3) is 11.3 Å². The number of hydrogen-bond acceptors (Lipinski definition) is 3. The molecule has 0 aliphatic rings. The van der Waals surface area contributed by atoms with Gasteiger partial charge >= 0.3 is 0 Å². The Morgan fingerprint density at radius 3 is 2.06 bits per heavy atom. The van der Waals surface area contributed by atoms with Crippen molar-refractivity contribution in [3.8, 4) is 0 Å². The van der Waals surface area contributed by atoms with E-state index in [0.29, 0.717) is 0 Å². The largest absolute Gasteiger partial charge is 0.305 e. The van der Waals surface area contributed by atoms with E-state index in [1.165, 1.54) is 0 Å². The molecule has 0 aliphatic carbocycles. The summed E-state index contributed by atoms with van der Waals surface area (Å²) in [5.41, 5.74) is 1.53. The highest BCUT2D eigenvalue weighted by Crippen LogP contribution is 2.30. The summed E-state index contributed by atoms with van der Waals surface area (Å²) in [7, 11) is 0. The summed E-state index contributed by atoms with van der Waals surface area (Å²) in [6.07, 6.45) is 3.41. The van der Waals surface area contributed by atoms with Crippen molar-refractivity contribution in [1.82, 2.24) is 19.5 Å². The van der Waals surface area contributed by atoms with Gasteiger partial charge in [0, 0.05) is 23.3 Å². The van der Waals surface area contributed by atoms with Crippen molar-refractivity contribution in [2.24, 2.45) is 0 Å². The molecule has 0 aliphatic heterocycles. The second kappa shape index (κ2) is 3.52. The Hall–Kier alpha value is -1.45. The van der Waals surface area contributed by atoms with E-state index in [-0.39, 0.29) is 11.0 Å². The third-order valence-corrected chi connectivity index (χ3v) is 2.64. The van der Waals surface area contributed by atoms with Gasteiger partial charge in [-0.1, -0.05) is 20.8 Å². The zero-order valence-electron chi connectivity index (χ0n) is 11.4. The van der Waals surface area contributed by atoms with Gasteiger partial charge in [-0.15, -0.1) is 0 Å². The Morgan fingerprint density at radius 2 is 1.53 bits per heavy atom. The normalized spacial score (nSPS) is 13.3. The quantitative estimate of drug-likeness (QED) is 0.701. The van der Waals surface area contributed by atoms with Crippen molar-refractivity contribution in [3.63, 3.8) is 0 Å². The molecule has 0 saturated carbocycles. The van der Waals surface area contributed by atoms with Gasteiger partial charge in [0.05, 0.1) is 0 Å². The van der Waals surface area contributed by atoms with Crippen LogP contribution in [0.1, 0.15) is 47.4 Å². The molecule has 2 heterocycles. The second-order valence-corrected chi connectivity index (χ2v) is 6.40. The van der Waals surface area contributed by atoms with Crippen LogP contribution in [-0.4, -0.2) is 19.5 Å². The minimum atomic E-state index is -0.0482. The third kappa shape index (κ3) is 2.04. The summed E-state index contributed by atoms with van der Waals surface area (Å²) in [4.78, 5) is 13.4. The SMILES string of the molecule is CC(C)(C)c1nc2nccnc2n1C(C)(C)C. The first-order valence-electron chi connectivity index (χ1n) is 5.91. The number of hydrogen-bond donors (Lipinski definition) is 0. The first kappa shape index (κ1) is 12.0. The highest BCUT2D eigenvalue weighted by atomic mass is 15.2. The molecular weight excluding hydrogens is 212 g/mol. The fourth-order valence-electron chi connectivity index (χ4n) is 1.95. The first-order valence-corrected chi connectivity index (χ1v) is 5.91. The van der Waals surface area contributed by atoms with Gasteiger partial charge < -0.3 is 4.57 Å². The van der Waals surface area contributed by atoms with Gasteiger partial charge in [-0.25, -0.2) is 15.0 Å². The molecule has 92 valence electrons. The zero-order valence-corrected chi connectivity index (χ0v) is 11.4. The van der Waals surface area contributed by atoms with Crippen LogP contribution in [0.3, 0.4) is 0 Å². The molecule has 2 aromatic rings. The molecule has 4 heteroatoms. The van der Waals surface area contributed by atoms with Gasteiger partial charge in [0.15, 0.2) is 11.3 Å². The predicted octanol–water partition coefficient (Wildman–Crippen LogP) is 2.88. The highest BCUT2D eigenvalue weighted by Gasteiger charge is 2.29. The van der Waals surface area contributed by atoms with E-state index in [9.17, 15) is 0 Å². The smallest absolute Gasteiger partial charge is 0.197 e. The molecule has 2 rings (SSSR count). The van der Waals surface area contributed by atoms with Crippen LogP contribution >= 0.6 is 0 Å². The third-order valence-electron chi connectivity index (χ3n) is 2.64. The molecule has 4 nitrogen and oxygen atoms in total. The van der Waals surface area contributed by atoms with Crippen molar-refractivity contribution in [2.75, 3.05) is 0 Å². The van der Waals surface area contributed by atoms with Crippen molar-refractivity contribution in [2.45, 2.75) is 52.5 Å². The molecule has 17 heavy (non-hydrogen) atoms. The first-order chi connectivity index (χ1) is 7.71. The molecule has 0 amide bonds. The van der Waals surface area contributed by atoms with Crippen molar-refractivity contribution in [3.05, 3.63) is 18.2 Å². The number of imidazole rings is 1. The molecule has 0 saturated heterocycles. The summed E-state index contributed by atoms with van der Waals surface area (Å²) in [5, 5.41) is 0. The minimum Gasteiger partial charge on any atom is -0.305 e. The summed E-state index contributed by atoms with van der Waals surface area (Å²) in [6.45, 7) is 13.0. The number of aromatic nitrogens is 4. The number of fused-ring (bicyclic) bond motifs is 1. The monoisotopic (exact) mass is 232 g/mol. The summed E-state index contributed by atoms with van der Waals surface area (Å²) in [5.74, 6) is 1.03. The molecule has 0 spiro atoms. The van der Waals surface area contributed by atoms with E-state index in [2.05, 4.69) is 61.1 Å². The van der Waals surface area contributed by atoms with Gasteiger partial charge in [-0.05, 0) is 20.8 Å².